The second-order valence-corrected chi connectivity index (χ2v) is 7.33. The van der Waals surface area contributed by atoms with E-state index in [1.807, 2.05) is 6.92 Å². The van der Waals surface area contributed by atoms with Crippen molar-refractivity contribution in [2.75, 3.05) is 17.6 Å². The van der Waals surface area contributed by atoms with Crippen molar-refractivity contribution in [3.05, 3.63) is 0 Å². The first-order valence-corrected chi connectivity index (χ1v) is 8.98. The maximum Gasteiger partial charge on any atom is 0.230 e. The van der Waals surface area contributed by atoms with Gasteiger partial charge in [0, 0.05) is 12.6 Å². The van der Waals surface area contributed by atoms with Crippen LogP contribution in [0.2, 0.25) is 0 Å². The maximum absolute atomic E-state index is 12.0. The second kappa shape index (κ2) is 7.83. The van der Waals surface area contributed by atoms with Gasteiger partial charge in [0.25, 0.3) is 0 Å². The summed E-state index contributed by atoms with van der Waals surface area (Å²) in [6, 6.07) is 0.351. The summed E-state index contributed by atoms with van der Waals surface area (Å²) < 4.78 is 0.841. The predicted molar refractivity (Wildman–Crippen MR) is 84.4 cm³/mol. The molecule has 7 heteroatoms. The summed E-state index contributed by atoms with van der Waals surface area (Å²) in [5, 5.41) is 15.2. The van der Waals surface area contributed by atoms with E-state index in [4.69, 9.17) is 0 Å². The molecule has 1 aromatic heterocycles. The molecule has 1 amide bonds. The molecule has 1 fully saturated rings. The monoisotopic (exact) mass is 314 g/mol. The molecule has 0 radical (unpaired) electrons. The average molecular weight is 314 g/mol. The van der Waals surface area contributed by atoms with Crippen LogP contribution >= 0.6 is 23.1 Å². The van der Waals surface area contributed by atoms with Crippen LogP contribution in [0.4, 0.5) is 5.13 Å². The standard InChI is InChI=1S/C13H22N4OS2/c1-3-14-12-16-17-13(20-12)19-8-11(18)15-10-7-5-4-6-9(10)2/h9-10H,3-8H2,1-2H3,(H,14,16)(H,15,18)/t9-,10-/m0/s1. The van der Waals surface area contributed by atoms with Gasteiger partial charge in [0.1, 0.15) is 0 Å². The number of carbonyl (C=O) groups is 1. The molecule has 0 bridgehead atoms. The number of aromatic nitrogens is 2. The first-order chi connectivity index (χ1) is 9.69. The van der Waals surface area contributed by atoms with Crippen LogP contribution in [0.1, 0.15) is 39.5 Å². The summed E-state index contributed by atoms with van der Waals surface area (Å²) in [6.07, 6.45) is 4.85. The Labute approximate surface area is 128 Å². The highest BCUT2D eigenvalue weighted by atomic mass is 32.2. The number of nitrogens with zero attached hydrogens (tertiary/aromatic N) is 2. The number of amides is 1. The van der Waals surface area contributed by atoms with Gasteiger partial charge in [-0.3, -0.25) is 4.79 Å². The lowest BCUT2D eigenvalue weighted by atomic mass is 9.86. The summed E-state index contributed by atoms with van der Waals surface area (Å²) in [6.45, 7) is 5.08. The third kappa shape index (κ3) is 4.63. The molecule has 2 atom stereocenters. The van der Waals surface area contributed by atoms with Crippen molar-refractivity contribution in [1.82, 2.24) is 15.5 Å². The fourth-order valence-electron chi connectivity index (χ4n) is 2.40. The van der Waals surface area contributed by atoms with E-state index in [-0.39, 0.29) is 5.91 Å². The van der Waals surface area contributed by atoms with E-state index in [9.17, 15) is 4.79 Å². The van der Waals surface area contributed by atoms with Crippen LogP contribution in [0.5, 0.6) is 0 Å². The van der Waals surface area contributed by atoms with Crippen LogP contribution in [0.25, 0.3) is 0 Å². The fourth-order valence-corrected chi connectivity index (χ4v) is 4.03. The van der Waals surface area contributed by atoms with Crippen LogP contribution in [0.3, 0.4) is 0 Å². The van der Waals surface area contributed by atoms with Crippen LogP contribution < -0.4 is 10.6 Å². The number of anilines is 1. The molecule has 2 rings (SSSR count). The Kier molecular flexibility index (Phi) is 6.09. The molecule has 1 aliphatic rings. The van der Waals surface area contributed by atoms with Gasteiger partial charge in [-0.15, -0.1) is 10.2 Å². The van der Waals surface area contributed by atoms with Crippen LogP contribution in [0.15, 0.2) is 4.34 Å². The zero-order valence-corrected chi connectivity index (χ0v) is 13.6. The van der Waals surface area contributed by atoms with Gasteiger partial charge in [0.2, 0.25) is 11.0 Å². The van der Waals surface area contributed by atoms with Crippen molar-refractivity contribution in [2.45, 2.75) is 49.9 Å². The molecule has 1 heterocycles. The van der Waals surface area contributed by atoms with Crippen LogP contribution in [-0.2, 0) is 4.79 Å². The van der Waals surface area contributed by atoms with E-state index < -0.39 is 0 Å². The Morgan fingerprint density at radius 1 is 1.40 bits per heavy atom. The molecule has 2 N–H and O–H groups in total. The van der Waals surface area contributed by atoms with Gasteiger partial charge in [-0.05, 0) is 25.7 Å². The molecule has 20 heavy (non-hydrogen) atoms. The van der Waals surface area contributed by atoms with Gasteiger partial charge in [0.15, 0.2) is 4.34 Å². The number of nitrogens with one attached hydrogen (secondary N) is 2. The van der Waals surface area contributed by atoms with Crippen molar-refractivity contribution in [1.29, 1.82) is 0 Å². The molecule has 1 aliphatic carbocycles. The Balaban J connectivity index is 1.73. The first-order valence-electron chi connectivity index (χ1n) is 7.18. The predicted octanol–water partition coefficient (Wildman–Crippen LogP) is 2.76. The lowest BCUT2D eigenvalue weighted by Crippen LogP contribution is -2.41. The molecule has 0 unspecified atom stereocenters. The number of hydrogen-bond acceptors (Lipinski definition) is 6. The van der Waals surface area contributed by atoms with Gasteiger partial charge in [-0.1, -0.05) is 42.9 Å². The van der Waals surface area contributed by atoms with E-state index in [0.29, 0.717) is 17.7 Å². The molecule has 0 aromatic carbocycles. The number of rotatable bonds is 6. The zero-order valence-electron chi connectivity index (χ0n) is 12.0. The normalized spacial score (nSPS) is 22.5. The summed E-state index contributed by atoms with van der Waals surface area (Å²) >= 11 is 2.95. The zero-order chi connectivity index (χ0) is 14.4. The van der Waals surface area contributed by atoms with Crippen molar-refractivity contribution in [2.24, 2.45) is 5.92 Å². The Bertz CT molecular complexity index is 438. The maximum atomic E-state index is 12.0. The van der Waals surface area contributed by atoms with E-state index in [1.165, 1.54) is 42.4 Å². The minimum absolute atomic E-state index is 0.106. The molecule has 1 saturated carbocycles. The van der Waals surface area contributed by atoms with Crippen molar-refractivity contribution in [3.63, 3.8) is 0 Å². The second-order valence-electron chi connectivity index (χ2n) is 5.13. The molecular formula is C13H22N4OS2. The summed E-state index contributed by atoms with van der Waals surface area (Å²) in [4.78, 5) is 12.0. The average Bonchev–Trinajstić information content (AvgIpc) is 2.87. The van der Waals surface area contributed by atoms with Crippen LogP contribution in [-0.4, -0.2) is 34.4 Å². The minimum atomic E-state index is 0.106. The molecule has 0 spiro atoms. The summed E-state index contributed by atoms with van der Waals surface area (Å²) in [7, 11) is 0. The molecule has 112 valence electrons. The molecule has 0 aliphatic heterocycles. The highest BCUT2D eigenvalue weighted by Gasteiger charge is 2.22. The van der Waals surface area contributed by atoms with Crippen molar-refractivity contribution >= 4 is 34.1 Å². The van der Waals surface area contributed by atoms with E-state index in [0.717, 1.165) is 22.4 Å². The van der Waals surface area contributed by atoms with E-state index >= 15 is 0 Å². The summed E-state index contributed by atoms with van der Waals surface area (Å²) in [5.74, 6) is 1.12. The topological polar surface area (TPSA) is 66.9 Å². The molecule has 1 aromatic rings. The van der Waals surface area contributed by atoms with E-state index in [2.05, 4.69) is 27.8 Å². The highest BCUT2D eigenvalue weighted by Crippen LogP contribution is 2.26. The largest absolute Gasteiger partial charge is 0.360 e. The highest BCUT2D eigenvalue weighted by molar-refractivity contribution is 8.01. The van der Waals surface area contributed by atoms with Gasteiger partial charge in [0.05, 0.1) is 5.75 Å². The first kappa shape index (κ1) is 15.6. The quantitative estimate of drug-likeness (QED) is 0.790. The van der Waals surface area contributed by atoms with Gasteiger partial charge in [-0.2, -0.15) is 0 Å². The number of thioether (sulfide) groups is 1. The Hall–Kier alpha value is -0.820. The SMILES string of the molecule is CCNc1nnc(SCC(=O)N[C@H]2CCCC[C@@H]2C)s1. The van der Waals surface area contributed by atoms with E-state index in [1.54, 1.807) is 0 Å². The molecule has 5 nitrogen and oxygen atoms in total. The minimum Gasteiger partial charge on any atom is -0.360 e. The number of carbonyl (C=O) groups excluding carboxylic acids is 1. The van der Waals surface area contributed by atoms with Crippen molar-refractivity contribution < 1.29 is 4.79 Å². The molecular weight excluding hydrogens is 292 g/mol. The molecule has 0 saturated heterocycles. The summed E-state index contributed by atoms with van der Waals surface area (Å²) in [5.41, 5.74) is 0. The lowest BCUT2D eigenvalue weighted by Gasteiger charge is -2.29. The number of hydrogen-bond donors (Lipinski definition) is 2. The third-order valence-corrected chi connectivity index (χ3v) is 5.53. The lowest BCUT2D eigenvalue weighted by molar-refractivity contribution is -0.119. The van der Waals surface area contributed by atoms with Gasteiger partial charge < -0.3 is 10.6 Å². The Morgan fingerprint density at radius 2 is 2.20 bits per heavy atom. The van der Waals surface area contributed by atoms with Crippen LogP contribution in [0, 0.1) is 5.92 Å². The Morgan fingerprint density at radius 3 is 2.95 bits per heavy atom. The van der Waals surface area contributed by atoms with Gasteiger partial charge in [-0.25, -0.2) is 0 Å². The van der Waals surface area contributed by atoms with Crippen molar-refractivity contribution in [3.8, 4) is 0 Å². The van der Waals surface area contributed by atoms with Gasteiger partial charge >= 0.3 is 0 Å². The third-order valence-electron chi connectivity index (χ3n) is 3.52. The smallest absolute Gasteiger partial charge is 0.230 e. The fraction of sp³-hybridized carbons (Fsp3) is 0.769.